The van der Waals surface area contributed by atoms with Crippen LogP contribution < -0.4 is 14.8 Å². The maximum Gasteiger partial charge on any atom is 0.317 e. The van der Waals surface area contributed by atoms with Crippen LogP contribution in [0.25, 0.3) is 0 Å². The number of carbonyl (C=O) groups excluding carboxylic acids is 1. The largest absolute Gasteiger partial charge is 0.493 e. The molecule has 1 aromatic carbocycles. The monoisotopic (exact) mass is 352 g/mol. The van der Waals surface area contributed by atoms with Crippen molar-refractivity contribution in [2.24, 2.45) is 5.92 Å². The molecular formula is C18H28N2O5. The fourth-order valence-electron chi connectivity index (χ4n) is 2.15. The molecule has 1 atom stereocenters. The first-order valence-electron chi connectivity index (χ1n) is 8.40. The standard InChI is InChI=1S/C18H28N2O5/c1-5-6-9-25-15-8-7-14(10-16(15)24-4)11-19-18(23)20(3)12-13(2)17(21)22/h7-8,10,13H,5-6,9,11-12H2,1-4H3,(H,19,23)(H,21,22). The van der Waals surface area contributed by atoms with Crippen LogP contribution in [0.5, 0.6) is 11.5 Å². The topological polar surface area (TPSA) is 88.1 Å². The van der Waals surface area contributed by atoms with Crippen molar-refractivity contribution in [3.8, 4) is 11.5 Å². The molecule has 2 N–H and O–H groups in total. The van der Waals surface area contributed by atoms with E-state index in [0.29, 0.717) is 24.7 Å². The predicted molar refractivity (Wildman–Crippen MR) is 95.1 cm³/mol. The van der Waals surface area contributed by atoms with E-state index in [1.54, 1.807) is 21.1 Å². The SMILES string of the molecule is CCCCOc1ccc(CNC(=O)N(C)CC(C)C(=O)O)cc1OC. The van der Waals surface area contributed by atoms with Crippen molar-refractivity contribution < 1.29 is 24.2 Å². The van der Waals surface area contributed by atoms with Crippen LogP contribution in [0.1, 0.15) is 32.3 Å². The number of rotatable bonds is 10. The van der Waals surface area contributed by atoms with Gasteiger partial charge in [-0.25, -0.2) is 4.79 Å². The van der Waals surface area contributed by atoms with Crippen molar-refractivity contribution in [2.45, 2.75) is 33.2 Å². The Morgan fingerprint density at radius 1 is 1.32 bits per heavy atom. The van der Waals surface area contributed by atoms with Gasteiger partial charge in [0.15, 0.2) is 11.5 Å². The van der Waals surface area contributed by atoms with Crippen LogP contribution in [0, 0.1) is 5.92 Å². The summed E-state index contributed by atoms with van der Waals surface area (Å²) >= 11 is 0. The number of nitrogens with one attached hydrogen (secondary N) is 1. The molecule has 0 saturated carbocycles. The summed E-state index contributed by atoms with van der Waals surface area (Å²) in [6.07, 6.45) is 2.03. The number of carboxylic acid groups (broad SMARTS) is 1. The number of hydrogen-bond donors (Lipinski definition) is 2. The molecule has 0 spiro atoms. The number of methoxy groups -OCH3 is 1. The molecule has 0 aliphatic rings. The van der Waals surface area contributed by atoms with E-state index in [-0.39, 0.29) is 12.6 Å². The van der Waals surface area contributed by atoms with Gasteiger partial charge in [0.2, 0.25) is 0 Å². The predicted octanol–water partition coefficient (Wildman–Crippen LogP) is 2.74. The van der Waals surface area contributed by atoms with Crippen LogP contribution >= 0.6 is 0 Å². The third-order valence-electron chi connectivity index (χ3n) is 3.74. The molecular weight excluding hydrogens is 324 g/mol. The van der Waals surface area contributed by atoms with E-state index in [2.05, 4.69) is 12.2 Å². The average molecular weight is 352 g/mol. The van der Waals surface area contributed by atoms with Gasteiger partial charge in [-0.05, 0) is 24.1 Å². The minimum Gasteiger partial charge on any atom is -0.493 e. The van der Waals surface area contributed by atoms with Crippen molar-refractivity contribution in [3.05, 3.63) is 23.8 Å². The van der Waals surface area contributed by atoms with E-state index in [9.17, 15) is 9.59 Å². The van der Waals surface area contributed by atoms with Crippen molar-refractivity contribution in [1.82, 2.24) is 10.2 Å². The first-order chi connectivity index (χ1) is 11.9. The second-order valence-corrected chi connectivity index (χ2v) is 5.97. The molecule has 7 nitrogen and oxygen atoms in total. The number of carboxylic acids is 1. The molecule has 0 heterocycles. The van der Waals surface area contributed by atoms with Crippen LogP contribution in [0.15, 0.2) is 18.2 Å². The zero-order valence-electron chi connectivity index (χ0n) is 15.4. The van der Waals surface area contributed by atoms with Gasteiger partial charge in [0.05, 0.1) is 19.6 Å². The Labute approximate surface area is 148 Å². The number of ether oxygens (including phenoxy) is 2. The highest BCUT2D eigenvalue weighted by molar-refractivity contribution is 5.75. The van der Waals surface area contributed by atoms with E-state index in [1.165, 1.54) is 4.90 Å². The number of aliphatic carboxylic acids is 1. The molecule has 1 unspecified atom stereocenters. The van der Waals surface area contributed by atoms with Crippen molar-refractivity contribution >= 4 is 12.0 Å². The molecule has 0 fully saturated rings. The second-order valence-electron chi connectivity index (χ2n) is 5.97. The Balaban J connectivity index is 2.58. The summed E-state index contributed by atoms with van der Waals surface area (Å²) in [5.74, 6) is -0.243. The van der Waals surface area contributed by atoms with Crippen LogP contribution in [-0.4, -0.2) is 49.3 Å². The van der Waals surface area contributed by atoms with E-state index in [0.717, 1.165) is 18.4 Å². The number of hydrogen-bond acceptors (Lipinski definition) is 4. The fraction of sp³-hybridized carbons (Fsp3) is 0.556. The lowest BCUT2D eigenvalue weighted by molar-refractivity contribution is -0.141. The summed E-state index contributed by atoms with van der Waals surface area (Å²) in [4.78, 5) is 24.2. The van der Waals surface area contributed by atoms with Crippen LogP contribution in [-0.2, 0) is 11.3 Å². The number of nitrogens with zero attached hydrogens (tertiary/aromatic N) is 1. The van der Waals surface area contributed by atoms with Crippen molar-refractivity contribution in [3.63, 3.8) is 0 Å². The van der Waals surface area contributed by atoms with E-state index in [4.69, 9.17) is 14.6 Å². The highest BCUT2D eigenvalue weighted by Crippen LogP contribution is 2.28. The van der Waals surface area contributed by atoms with Crippen LogP contribution in [0.4, 0.5) is 4.79 Å². The van der Waals surface area contributed by atoms with E-state index in [1.807, 2.05) is 18.2 Å². The summed E-state index contributed by atoms with van der Waals surface area (Å²) in [6, 6.07) is 5.19. The van der Waals surface area contributed by atoms with Gasteiger partial charge in [0.25, 0.3) is 0 Å². The Bertz CT molecular complexity index is 577. The zero-order valence-corrected chi connectivity index (χ0v) is 15.4. The summed E-state index contributed by atoms with van der Waals surface area (Å²) in [5.41, 5.74) is 0.868. The highest BCUT2D eigenvalue weighted by atomic mass is 16.5. The zero-order chi connectivity index (χ0) is 18.8. The molecule has 7 heteroatoms. The first-order valence-corrected chi connectivity index (χ1v) is 8.40. The van der Waals surface area contributed by atoms with Gasteiger partial charge in [-0.1, -0.05) is 26.3 Å². The normalized spacial score (nSPS) is 11.5. The third kappa shape index (κ3) is 6.91. The number of urea groups is 1. The van der Waals surface area contributed by atoms with Gasteiger partial charge in [0, 0.05) is 20.1 Å². The first kappa shape index (κ1) is 20.6. The highest BCUT2D eigenvalue weighted by Gasteiger charge is 2.17. The fourth-order valence-corrected chi connectivity index (χ4v) is 2.15. The van der Waals surface area contributed by atoms with Gasteiger partial charge in [-0.3, -0.25) is 4.79 Å². The summed E-state index contributed by atoms with van der Waals surface area (Å²) in [6.45, 7) is 4.76. The Kier molecular flexibility index (Phi) is 8.60. The molecule has 25 heavy (non-hydrogen) atoms. The maximum absolute atomic E-state index is 12.0. The van der Waals surface area contributed by atoms with E-state index >= 15 is 0 Å². The summed E-state index contributed by atoms with van der Waals surface area (Å²) in [7, 11) is 3.14. The van der Waals surface area contributed by atoms with Gasteiger partial charge in [0.1, 0.15) is 0 Å². The van der Waals surface area contributed by atoms with Crippen molar-refractivity contribution in [2.75, 3.05) is 27.3 Å². The lowest BCUT2D eigenvalue weighted by Gasteiger charge is -2.20. The number of benzene rings is 1. The molecule has 0 saturated heterocycles. The Morgan fingerprint density at radius 2 is 2.04 bits per heavy atom. The van der Waals surface area contributed by atoms with E-state index < -0.39 is 11.9 Å². The third-order valence-corrected chi connectivity index (χ3v) is 3.74. The number of amides is 2. The van der Waals surface area contributed by atoms with Gasteiger partial charge in [-0.2, -0.15) is 0 Å². The van der Waals surface area contributed by atoms with Gasteiger partial charge in [-0.15, -0.1) is 0 Å². The minimum absolute atomic E-state index is 0.148. The molecule has 0 aromatic heterocycles. The van der Waals surface area contributed by atoms with Crippen LogP contribution in [0.3, 0.4) is 0 Å². The summed E-state index contributed by atoms with van der Waals surface area (Å²) in [5, 5.41) is 11.7. The molecule has 0 aliphatic heterocycles. The molecule has 1 aromatic rings. The van der Waals surface area contributed by atoms with Crippen molar-refractivity contribution in [1.29, 1.82) is 0 Å². The molecule has 2 amide bonds. The Hall–Kier alpha value is -2.44. The molecule has 140 valence electrons. The summed E-state index contributed by atoms with van der Waals surface area (Å²) < 4.78 is 11.0. The quantitative estimate of drug-likeness (QED) is 0.632. The smallest absolute Gasteiger partial charge is 0.317 e. The molecule has 0 radical (unpaired) electrons. The molecule has 0 bridgehead atoms. The molecule has 1 rings (SSSR count). The minimum atomic E-state index is -0.928. The maximum atomic E-state index is 12.0. The van der Waals surface area contributed by atoms with Gasteiger partial charge >= 0.3 is 12.0 Å². The lowest BCUT2D eigenvalue weighted by Crippen LogP contribution is -2.40. The van der Waals surface area contributed by atoms with Crippen LogP contribution in [0.2, 0.25) is 0 Å². The number of unbranched alkanes of at least 4 members (excludes halogenated alkanes) is 1. The molecule has 0 aliphatic carbocycles. The average Bonchev–Trinajstić information content (AvgIpc) is 2.60. The second kappa shape index (κ2) is 10.4. The van der Waals surface area contributed by atoms with Gasteiger partial charge < -0.3 is 24.8 Å². The lowest BCUT2D eigenvalue weighted by atomic mass is 10.2. The number of carbonyl (C=O) groups is 2. The Morgan fingerprint density at radius 3 is 2.64 bits per heavy atom.